The third kappa shape index (κ3) is 3.96. The van der Waals surface area contributed by atoms with E-state index in [0.29, 0.717) is 6.54 Å². The summed E-state index contributed by atoms with van der Waals surface area (Å²) in [5.41, 5.74) is 12.5. The first-order valence-electron chi connectivity index (χ1n) is 9.82. The molecule has 0 saturated carbocycles. The fourth-order valence-electron chi connectivity index (χ4n) is 4.07. The number of rotatable bonds is 6. The lowest BCUT2D eigenvalue weighted by Gasteiger charge is -2.21. The quantitative estimate of drug-likeness (QED) is 0.539. The van der Waals surface area contributed by atoms with Gasteiger partial charge in [0, 0.05) is 43.7 Å². The van der Waals surface area contributed by atoms with Gasteiger partial charge in [0.15, 0.2) is 0 Å². The highest BCUT2D eigenvalue weighted by atomic mass is 15.3. The van der Waals surface area contributed by atoms with Crippen LogP contribution in [0.15, 0.2) is 36.4 Å². The number of nitrogens with zero attached hydrogens (tertiary/aromatic N) is 1. The fraction of sp³-hybridized carbons (Fsp3) is 0.429. The molecule has 0 bridgehead atoms. The Morgan fingerprint density at radius 1 is 1.11 bits per heavy atom. The number of fused-ring (bicyclic) bond motifs is 1. The van der Waals surface area contributed by atoms with E-state index < -0.39 is 0 Å². The van der Waals surface area contributed by atoms with Crippen molar-refractivity contribution in [3.8, 4) is 0 Å². The zero-order valence-electron chi connectivity index (χ0n) is 16.2. The third-order valence-electron chi connectivity index (χ3n) is 5.51. The minimum absolute atomic E-state index is 0.277. The summed E-state index contributed by atoms with van der Waals surface area (Å²) < 4.78 is 0. The van der Waals surface area contributed by atoms with Crippen molar-refractivity contribution in [3.63, 3.8) is 0 Å². The molecule has 2 atom stereocenters. The molecular formula is C21H30N6. The van der Waals surface area contributed by atoms with Crippen molar-refractivity contribution in [2.45, 2.75) is 26.1 Å². The molecule has 144 valence electrons. The van der Waals surface area contributed by atoms with Crippen molar-refractivity contribution in [3.05, 3.63) is 42.0 Å². The standard InChI is InChI=1S/C21H30N6/c1-14-7-8-27(12-14)13-21-25-19-6-4-17(10-20(19)26-21)24-16-3-5-18(23-2)15(9-16)11-22/h3-6,9-10,14,21,23-26H,7-8,11-13,22H2,1-2H3. The van der Waals surface area contributed by atoms with Crippen molar-refractivity contribution in [1.29, 1.82) is 0 Å². The molecule has 2 aromatic carbocycles. The van der Waals surface area contributed by atoms with E-state index in [1.54, 1.807) is 0 Å². The van der Waals surface area contributed by atoms with Crippen LogP contribution in [0, 0.1) is 5.92 Å². The Kier molecular flexibility index (Phi) is 5.09. The molecule has 0 aromatic heterocycles. The molecule has 0 aliphatic carbocycles. The Bertz CT molecular complexity index is 805. The van der Waals surface area contributed by atoms with Gasteiger partial charge in [-0.15, -0.1) is 0 Å². The van der Waals surface area contributed by atoms with E-state index in [2.05, 4.69) is 69.5 Å². The number of nitrogens with two attached hydrogens (primary N) is 1. The molecule has 4 rings (SSSR count). The molecule has 1 saturated heterocycles. The van der Waals surface area contributed by atoms with Crippen LogP contribution in [0.4, 0.5) is 28.4 Å². The summed E-state index contributed by atoms with van der Waals surface area (Å²) in [6.45, 7) is 6.29. The van der Waals surface area contributed by atoms with E-state index in [0.717, 1.165) is 40.8 Å². The largest absolute Gasteiger partial charge is 0.388 e. The summed E-state index contributed by atoms with van der Waals surface area (Å²) in [6, 6.07) is 12.7. The average molecular weight is 367 g/mol. The van der Waals surface area contributed by atoms with Gasteiger partial charge < -0.3 is 27.0 Å². The molecule has 2 heterocycles. The van der Waals surface area contributed by atoms with Crippen molar-refractivity contribution in [1.82, 2.24) is 4.90 Å². The Hall–Kier alpha value is -2.44. The van der Waals surface area contributed by atoms with E-state index in [4.69, 9.17) is 5.73 Å². The minimum Gasteiger partial charge on any atom is -0.388 e. The summed E-state index contributed by atoms with van der Waals surface area (Å²) in [5.74, 6) is 0.817. The molecule has 6 N–H and O–H groups in total. The van der Waals surface area contributed by atoms with Crippen molar-refractivity contribution in [2.75, 3.05) is 47.9 Å². The van der Waals surface area contributed by atoms with Gasteiger partial charge in [0.25, 0.3) is 0 Å². The molecule has 0 amide bonds. The first-order chi connectivity index (χ1) is 13.1. The monoisotopic (exact) mass is 366 g/mol. The average Bonchev–Trinajstić information content (AvgIpc) is 3.26. The summed E-state index contributed by atoms with van der Waals surface area (Å²) in [6.07, 6.45) is 1.59. The zero-order valence-corrected chi connectivity index (χ0v) is 16.2. The maximum atomic E-state index is 5.86. The molecule has 2 aromatic rings. The van der Waals surface area contributed by atoms with Crippen LogP contribution in [0.2, 0.25) is 0 Å². The Morgan fingerprint density at radius 3 is 2.63 bits per heavy atom. The van der Waals surface area contributed by atoms with Gasteiger partial charge in [-0.05, 0) is 60.8 Å². The number of anilines is 5. The highest BCUT2D eigenvalue weighted by molar-refractivity contribution is 5.80. The smallest absolute Gasteiger partial charge is 0.110 e. The van der Waals surface area contributed by atoms with Crippen LogP contribution < -0.4 is 27.0 Å². The molecule has 6 nitrogen and oxygen atoms in total. The minimum atomic E-state index is 0.277. The fourth-order valence-corrected chi connectivity index (χ4v) is 4.07. The number of hydrogen-bond acceptors (Lipinski definition) is 6. The zero-order chi connectivity index (χ0) is 18.8. The lowest BCUT2D eigenvalue weighted by atomic mass is 10.1. The second kappa shape index (κ2) is 7.66. The normalized spacial score (nSPS) is 21.4. The van der Waals surface area contributed by atoms with Crippen LogP contribution >= 0.6 is 0 Å². The second-order valence-corrected chi connectivity index (χ2v) is 7.71. The molecule has 2 aliphatic rings. The highest BCUT2D eigenvalue weighted by Gasteiger charge is 2.25. The van der Waals surface area contributed by atoms with E-state index in [1.807, 2.05) is 7.05 Å². The maximum Gasteiger partial charge on any atom is 0.110 e. The lowest BCUT2D eigenvalue weighted by molar-refractivity contribution is 0.321. The van der Waals surface area contributed by atoms with Crippen LogP contribution in [-0.2, 0) is 6.54 Å². The molecule has 0 radical (unpaired) electrons. The predicted molar refractivity (Wildman–Crippen MR) is 115 cm³/mol. The van der Waals surface area contributed by atoms with Crippen LogP contribution in [0.1, 0.15) is 18.9 Å². The van der Waals surface area contributed by atoms with Gasteiger partial charge in [0.2, 0.25) is 0 Å². The molecule has 1 fully saturated rings. The van der Waals surface area contributed by atoms with Crippen molar-refractivity contribution in [2.24, 2.45) is 11.7 Å². The molecule has 27 heavy (non-hydrogen) atoms. The Morgan fingerprint density at radius 2 is 1.89 bits per heavy atom. The maximum absolute atomic E-state index is 5.86. The van der Waals surface area contributed by atoms with Gasteiger partial charge in [-0.3, -0.25) is 4.90 Å². The van der Waals surface area contributed by atoms with E-state index in [-0.39, 0.29) is 6.17 Å². The first kappa shape index (κ1) is 17.9. The number of nitrogens with one attached hydrogen (secondary N) is 4. The van der Waals surface area contributed by atoms with Crippen molar-refractivity contribution >= 4 is 28.4 Å². The predicted octanol–water partition coefficient (Wildman–Crippen LogP) is 3.44. The molecule has 6 heteroatoms. The summed E-state index contributed by atoms with van der Waals surface area (Å²) in [5, 5.41) is 13.9. The van der Waals surface area contributed by atoms with E-state index >= 15 is 0 Å². The molecule has 2 aliphatic heterocycles. The summed E-state index contributed by atoms with van der Waals surface area (Å²) in [4.78, 5) is 2.54. The van der Waals surface area contributed by atoms with E-state index in [1.165, 1.54) is 25.2 Å². The third-order valence-corrected chi connectivity index (χ3v) is 5.51. The lowest BCUT2D eigenvalue weighted by Crippen LogP contribution is -2.37. The summed E-state index contributed by atoms with van der Waals surface area (Å²) in [7, 11) is 1.92. The van der Waals surface area contributed by atoms with Gasteiger partial charge >= 0.3 is 0 Å². The SMILES string of the molecule is CNc1ccc(Nc2ccc3c(c2)NC(CN2CCC(C)C2)N3)cc1CN. The topological polar surface area (TPSA) is 77.4 Å². The van der Waals surface area contributed by atoms with Crippen LogP contribution in [-0.4, -0.2) is 37.7 Å². The van der Waals surface area contributed by atoms with Gasteiger partial charge in [-0.1, -0.05) is 6.92 Å². The molecule has 0 spiro atoms. The van der Waals surface area contributed by atoms with Crippen LogP contribution in [0.25, 0.3) is 0 Å². The molecular weight excluding hydrogens is 336 g/mol. The number of benzene rings is 2. The van der Waals surface area contributed by atoms with Gasteiger partial charge in [0.05, 0.1) is 11.4 Å². The number of likely N-dealkylation sites (tertiary alicyclic amines) is 1. The van der Waals surface area contributed by atoms with Gasteiger partial charge in [-0.2, -0.15) is 0 Å². The van der Waals surface area contributed by atoms with Gasteiger partial charge in [0.1, 0.15) is 6.17 Å². The Balaban J connectivity index is 1.42. The van der Waals surface area contributed by atoms with Gasteiger partial charge in [-0.25, -0.2) is 0 Å². The highest BCUT2D eigenvalue weighted by Crippen LogP contribution is 2.33. The first-order valence-corrected chi connectivity index (χ1v) is 9.82. The second-order valence-electron chi connectivity index (χ2n) is 7.71. The van der Waals surface area contributed by atoms with Crippen LogP contribution in [0.3, 0.4) is 0 Å². The van der Waals surface area contributed by atoms with E-state index in [9.17, 15) is 0 Å². The Labute approximate surface area is 161 Å². The number of hydrogen-bond donors (Lipinski definition) is 5. The summed E-state index contributed by atoms with van der Waals surface area (Å²) >= 11 is 0. The van der Waals surface area contributed by atoms with Crippen LogP contribution in [0.5, 0.6) is 0 Å². The molecule has 2 unspecified atom stereocenters. The van der Waals surface area contributed by atoms with Crippen molar-refractivity contribution < 1.29 is 0 Å².